The van der Waals surface area contributed by atoms with Crippen molar-refractivity contribution in [2.45, 2.75) is 32.9 Å². The van der Waals surface area contributed by atoms with Gasteiger partial charge in [0.2, 0.25) is 5.91 Å². The summed E-state index contributed by atoms with van der Waals surface area (Å²) in [6.07, 6.45) is -0.250. The number of aromatic nitrogens is 5. The maximum atomic E-state index is 13.7. The van der Waals surface area contributed by atoms with Gasteiger partial charge in [-0.3, -0.25) is 9.59 Å². The van der Waals surface area contributed by atoms with E-state index in [0.717, 1.165) is 6.07 Å². The number of fused-ring (bicyclic) bond motifs is 1. The highest BCUT2D eigenvalue weighted by molar-refractivity contribution is 5.98. The van der Waals surface area contributed by atoms with E-state index in [2.05, 4.69) is 20.5 Å². The Morgan fingerprint density at radius 3 is 2.59 bits per heavy atom. The van der Waals surface area contributed by atoms with Gasteiger partial charge in [0.1, 0.15) is 5.56 Å². The van der Waals surface area contributed by atoms with Crippen molar-refractivity contribution in [1.29, 1.82) is 0 Å². The lowest BCUT2D eigenvalue weighted by atomic mass is 10.1. The number of nitrogens with two attached hydrogens (primary N) is 1. The number of halogens is 3. The average Bonchev–Trinajstić information content (AvgIpc) is 3.43. The van der Waals surface area contributed by atoms with Crippen molar-refractivity contribution in [1.82, 2.24) is 24.4 Å². The number of benzene rings is 1. The Bertz CT molecular complexity index is 1390. The molecule has 0 fully saturated rings. The zero-order valence-electron chi connectivity index (χ0n) is 18.2. The Labute approximate surface area is 191 Å². The number of carbonyl (C=O) groups excluding carboxylic acids is 2. The molecule has 2 amide bonds. The molecule has 0 unspecified atom stereocenters. The van der Waals surface area contributed by atoms with Gasteiger partial charge < -0.3 is 11.1 Å². The van der Waals surface area contributed by atoms with E-state index in [9.17, 15) is 22.8 Å². The van der Waals surface area contributed by atoms with Crippen molar-refractivity contribution in [3.63, 3.8) is 0 Å². The highest BCUT2D eigenvalue weighted by Gasteiger charge is 2.34. The Morgan fingerprint density at radius 1 is 1.18 bits per heavy atom. The molecule has 3 heterocycles. The van der Waals surface area contributed by atoms with Crippen LogP contribution in [0.3, 0.4) is 0 Å². The van der Waals surface area contributed by atoms with E-state index in [-0.39, 0.29) is 29.8 Å². The quantitative estimate of drug-likeness (QED) is 0.447. The van der Waals surface area contributed by atoms with Crippen LogP contribution in [0.25, 0.3) is 11.3 Å². The molecule has 0 saturated heterocycles. The van der Waals surface area contributed by atoms with Gasteiger partial charge in [-0.2, -0.15) is 23.4 Å². The molecule has 0 aliphatic heterocycles. The topological polar surface area (TPSA) is 120 Å². The third kappa shape index (κ3) is 4.34. The van der Waals surface area contributed by atoms with Crippen molar-refractivity contribution >= 4 is 23.1 Å². The van der Waals surface area contributed by atoms with Crippen molar-refractivity contribution in [3.05, 3.63) is 70.9 Å². The summed E-state index contributed by atoms with van der Waals surface area (Å²) in [7, 11) is 0. The maximum absolute atomic E-state index is 13.7. The van der Waals surface area contributed by atoms with Gasteiger partial charge >= 0.3 is 6.18 Å². The molecule has 12 heteroatoms. The van der Waals surface area contributed by atoms with E-state index >= 15 is 0 Å². The lowest BCUT2D eigenvalue weighted by molar-refractivity contribution is -0.137. The first-order valence-corrected chi connectivity index (χ1v) is 10.2. The Kier molecular flexibility index (Phi) is 5.82. The first kappa shape index (κ1) is 23.0. The molecule has 0 atom stereocenters. The molecule has 4 rings (SSSR count). The molecule has 9 nitrogen and oxygen atoms in total. The number of amides is 2. The summed E-state index contributed by atoms with van der Waals surface area (Å²) in [6.45, 7) is 3.47. The molecule has 3 N–H and O–H groups in total. The van der Waals surface area contributed by atoms with Gasteiger partial charge in [0.25, 0.3) is 5.91 Å². The largest absolute Gasteiger partial charge is 0.418 e. The number of rotatable bonds is 6. The minimum atomic E-state index is -4.67. The molecule has 4 aromatic rings. The SMILES string of the molecule is Cc1nc2c(C(N)=O)cnn2c(C)c1CCC(=O)Nc1ccc(-n2cccn2)cc1C(F)(F)F. The van der Waals surface area contributed by atoms with E-state index in [4.69, 9.17) is 5.73 Å². The van der Waals surface area contributed by atoms with Crippen LogP contribution >= 0.6 is 0 Å². The standard InChI is InChI=1S/C22H20F3N7O2/c1-12-15(13(2)32-21(29-12)16(11-28-32)20(26)34)5-7-19(33)30-18-6-4-14(31-9-3-8-27-31)10-17(18)22(23,24)25/h3-4,6,8-11H,5,7H2,1-2H3,(H2,26,34)(H,30,33). The zero-order chi connectivity index (χ0) is 24.6. The second kappa shape index (κ2) is 8.61. The van der Waals surface area contributed by atoms with Gasteiger partial charge in [-0.25, -0.2) is 14.2 Å². The van der Waals surface area contributed by atoms with E-state index in [0.29, 0.717) is 22.6 Å². The van der Waals surface area contributed by atoms with Crippen molar-refractivity contribution in [2.24, 2.45) is 5.73 Å². The van der Waals surface area contributed by atoms with Crippen LogP contribution in [0, 0.1) is 13.8 Å². The van der Waals surface area contributed by atoms with Crippen molar-refractivity contribution in [3.8, 4) is 5.69 Å². The molecule has 1 aromatic carbocycles. The fourth-order valence-corrected chi connectivity index (χ4v) is 3.74. The molecule has 0 spiro atoms. The number of aryl methyl sites for hydroxylation is 2. The second-order valence-corrected chi connectivity index (χ2v) is 7.65. The van der Waals surface area contributed by atoms with Gasteiger partial charge in [0, 0.05) is 30.2 Å². The van der Waals surface area contributed by atoms with Crippen molar-refractivity contribution < 1.29 is 22.8 Å². The van der Waals surface area contributed by atoms with Crippen LogP contribution in [0.1, 0.15) is 39.3 Å². The Balaban J connectivity index is 1.55. The number of nitrogens with zero attached hydrogens (tertiary/aromatic N) is 5. The van der Waals surface area contributed by atoms with Crippen LogP contribution in [0.4, 0.5) is 18.9 Å². The number of hydrogen-bond acceptors (Lipinski definition) is 5. The summed E-state index contributed by atoms with van der Waals surface area (Å²) in [5.74, 6) is -1.25. The molecule has 0 saturated carbocycles. The van der Waals surface area contributed by atoms with Crippen LogP contribution in [0.2, 0.25) is 0 Å². The minimum absolute atomic E-state index is 0.0863. The van der Waals surface area contributed by atoms with Crippen LogP contribution in [-0.2, 0) is 17.4 Å². The lowest BCUT2D eigenvalue weighted by Gasteiger charge is -2.16. The summed E-state index contributed by atoms with van der Waals surface area (Å²) in [4.78, 5) is 28.5. The van der Waals surface area contributed by atoms with Crippen LogP contribution in [0.15, 0.2) is 42.9 Å². The normalized spacial score (nSPS) is 11.7. The summed E-state index contributed by atoms with van der Waals surface area (Å²) >= 11 is 0. The fourth-order valence-electron chi connectivity index (χ4n) is 3.74. The monoisotopic (exact) mass is 471 g/mol. The van der Waals surface area contributed by atoms with E-state index in [1.165, 1.54) is 39.9 Å². The number of nitrogens with one attached hydrogen (secondary N) is 1. The second-order valence-electron chi connectivity index (χ2n) is 7.65. The lowest BCUT2D eigenvalue weighted by Crippen LogP contribution is -2.18. The van der Waals surface area contributed by atoms with Gasteiger partial charge in [0.15, 0.2) is 5.65 Å². The first-order valence-electron chi connectivity index (χ1n) is 10.2. The molecular formula is C22H20F3N7O2. The van der Waals surface area contributed by atoms with Crippen LogP contribution in [0.5, 0.6) is 0 Å². The highest BCUT2D eigenvalue weighted by atomic mass is 19.4. The molecule has 0 aliphatic carbocycles. The fraction of sp³-hybridized carbons (Fsp3) is 0.227. The van der Waals surface area contributed by atoms with Gasteiger partial charge in [-0.15, -0.1) is 0 Å². The minimum Gasteiger partial charge on any atom is -0.365 e. The predicted octanol–water partition coefficient (Wildman–Crippen LogP) is 3.22. The summed E-state index contributed by atoms with van der Waals surface area (Å²) in [6, 6.07) is 5.18. The molecule has 0 aliphatic rings. The Morgan fingerprint density at radius 2 is 1.94 bits per heavy atom. The molecule has 34 heavy (non-hydrogen) atoms. The van der Waals surface area contributed by atoms with Gasteiger partial charge in [0.05, 0.1) is 23.1 Å². The third-order valence-electron chi connectivity index (χ3n) is 5.43. The van der Waals surface area contributed by atoms with Crippen molar-refractivity contribution in [2.75, 3.05) is 5.32 Å². The number of alkyl halides is 3. The summed E-state index contributed by atoms with van der Waals surface area (Å²) in [5.41, 5.74) is 6.66. The smallest absolute Gasteiger partial charge is 0.365 e. The number of primary amides is 1. The summed E-state index contributed by atoms with van der Waals surface area (Å²) < 4.78 is 43.7. The number of carbonyl (C=O) groups is 2. The van der Waals surface area contributed by atoms with Gasteiger partial charge in [-0.05, 0) is 50.1 Å². The highest BCUT2D eigenvalue weighted by Crippen LogP contribution is 2.36. The number of hydrogen-bond donors (Lipinski definition) is 2. The zero-order valence-corrected chi connectivity index (χ0v) is 18.2. The van der Waals surface area contributed by atoms with Gasteiger partial charge in [-0.1, -0.05) is 0 Å². The summed E-state index contributed by atoms with van der Waals surface area (Å²) in [5, 5.41) is 10.4. The molecular weight excluding hydrogens is 451 g/mol. The Hall–Kier alpha value is -4.22. The van der Waals surface area contributed by atoms with Crippen LogP contribution < -0.4 is 11.1 Å². The van der Waals surface area contributed by atoms with E-state index in [1.807, 2.05) is 0 Å². The first-order chi connectivity index (χ1) is 16.1. The molecule has 0 radical (unpaired) electrons. The van der Waals surface area contributed by atoms with Crippen LogP contribution in [-0.4, -0.2) is 36.2 Å². The predicted molar refractivity (Wildman–Crippen MR) is 116 cm³/mol. The van der Waals surface area contributed by atoms with E-state index in [1.54, 1.807) is 19.9 Å². The number of anilines is 1. The maximum Gasteiger partial charge on any atom is 0.418 e. The third-order valence-corrected chi connectivity index (χ3v) is 5.43. The van der Waals surface area contributed by atoms with E-state index < -0.39 is 23.6 Å². The molecule has 176 valence electrons. The average molecular weight is 471 g/mol. The molecule has 3 aromatic heterocycles. The molecule has 0 bridgehead atoms.